The normalized spacial score (nSPS) is 11.0. The van der Waals surface area contributed by atoms with Gasteiger partial charge in [-0.15, -0.1) is 17.5 Å². The van der Waals surface area contributed by atoms with Crippen LogP contribution in [-0.2, 0) is 0 Å². The number of benzene rings is 1. The molecule has 0 unspecified atom stereocenters. The number of halogens is 3. The number of aromatic nitrogens is 3. The molecule has 6 nitrogen and oxygen atoms in total. The highest BCUT2D eigenvalue weighted by Gasteiger charge is 2.20. The van der Waals surface area contributed by atoms with Crippen LogP contribution >= 0.6 is 24.0 Å². The summed E-state index contributed by atoms with van der Waals surface area (Å²) in [5.41, 5.74) is 6.53. The molecule has 0 aliphatic rings. The molecular weight excluding hydrogens is 344 g/mol. The number of hydrogen-bond donors (Lipinski definition) is 2. The van der Waals surface area contributed by atoms with Gasteiger partial charge in [0.2, 0.25) is 0 Å². The Balaban J connectivity index is 0.00000264. The Kier molecular flexibility index (Phi) is 6.10. The fraction of sp³-hybridized carbons (Fsp3) is 0.357. The van der Waals surface area contributed by atoms with E-state index in [0.29, 0.717) is 17.9 Å². The lowest BCUT2D eigenvalue weighted by Gasteiger charge is -2.18. The van der Waals surface area contributed by atoms with Crippen LogP contribution in [0.3, 0.4) is 0 Å². The summed E-state index contributed by atoms with van der Waals surface area (Å²) in [6.07, 6.45) is 0. The quantitative estimate of drug-likeness (QED) is 0.874. The minimum Gasteiger partial charge on any atom is -0.349 e. The lowest BCUT2D eigenvalue weighted by molar-refractivity contribution is 0.0940. The molecule has 0 aliphatic carbocycles. The van der Waals surface area contributed by atoms with Crippen LogP contribution in [0.1, 0.15) is 30.0 Å². The van der Waals surface area contributed by atoms with Crippen molar-refractivity contribution in [1.82, 2.24) is 20.3 Å². The second kappa shape index (κ2) is 7.25. The van der Waals surface area contributed by atoms with E-state index < -0.39 is 11.4 Å². The fourth-order valence-electron chi connectivity index (χ4n) is 1.79. The molecule has 3 N–H and O–H groups in total. The van der Waals surface area contributed by atoms with E-state index in [1.165, 1.54) is 22.9 Å². The van der Waals surface area contributed by atoms with Crippen molar-refractivity contribution in [3.05, 3.63) is 40.4 Å². The first kappa shape index (κ1) is 19.3. The summed E-state index contributed by atoms with van der Waals surface area (Å²) in [5, 5.41) is 10.5. The third-order valence-corrected chi connectivity index (χ3v) is 3.25. The molecule has 1 amide bonds. The summed E-state index contributed by atoms with van der Waals surface area (Å²) in [4.78, 5) is 12.1. The molecule has 0 spiro atoms. The molecule has 9 heteroatoms. The van der Waals surface area contributed by atoms with E-state index in [-0.39, 0.29) is 29.0 Å². The smallest absolute Gasteiger partial charge is 0.273 e. The predicted molar refractivity (Wildman–Crippen MR) is 88.9 cm³/mol. The van der Waals surface area contributed by atoms with Gasteiger partial charge in [-0.25, -0.2) is 9.07 Å². The molecule has 0 saturated heterocycles. The second-order valence-corrected chi connectivity index (χ2v) is 6.11. The van der Waals surface area contributed by atoms with Crippen molar-refractivity contribution in [3.8, 4) is 5.69 Å². The first-order valence-corrected chi connectivity index (χ1v) is 7.01. The standard InChI is InChI=1S/C14H17ClFN5O.ClH/c1-8-12(13(22)18-7-14(2,3)17)19-20-21(8)9-4-5-11(16)10(15)6-9;/h4-6H,7,17H2,1-3H3,(H,18,22);1H. The zero-order valence-electron chi connectivity index (χ0n) is 12.9. The first-order chi connectivity index (χ1) is 10.2. The number of nitrogens with two attached hydrogens (primary N) is 1. The Hall–Kier alpha value is -1.70. The average Bonchev–Trinajstić information content (AvgIpc) is 2.80. The Morgan fingerprint density at radius 2 is 2.13 bits per heavy atom. The Morgan fingerprint density at radius 1 is 1.48 bits per heavy atom. The molecular formula is C14H18Cl2FN5O. The summed E-state index contributed by atoms with van der Waals surface area (Å²) in [6.45, 7) is 5.61. The van der Waals surface area contributed by atoms with E-state index in [9.17, 15) is 9.18 Å². The molecule has 1 heterocycles. The Morgan fingerprint density at radius 3 is 2.70 bits per heavy atom. The monoisotopic (exact) mass is 361 g/mol. The highest BCUT2D eigenvalue weighted by atomic mass is 35.5. The SMILES string of the molecule is Cc1c(C(=O)NCC(C)(C)N)nnn1-c1ccc(F)c(Cl)c1.Cl. The average molecular weight is 362 g/mol. The lowest BCUT2D eigenvalue weighted by atomic mass is 10.1. The number of rotatable bonds is 4. The summed E-state index contributed by atoms with van der Waals surface area (Å²) in [6, 6.07) is 4.16. The number of hydrogen-bond acceptors (Lipinski definition) is 4. The van der Waals surface area contributed by atoms with Crippen LogP contribution in [-0.4, -0.2) is 33.0 Å². The molecule has 126 valence electrons. The highest BCUT2D eigenvalue weighted by Crippen LogP contribution is 2.20. The molecule has 0 aliphatic heterocycles. The molecule has 0 atom stereocenters. The fourth-order valence-corrected chi connectivity index (χ4v) is 1.97. The van der Waals surface area contributed by atoms with Gasteiger partial charge in [0.05, 0.1) is 16.4 Å². The van der Waals surface area contributed by atoms with Gasteiger partial charge in [0.15, 0.2) is 5.69 Å². The third-order valence-electron chi connectivity index (χ3n) is 2.96. The molecule has 0 saturated carbocycles. The highest BCUT2D eigenvalue weighted by molar-refractivity contribution is 6.30. The minimum atomic E-state index is -0.524. The van der Waals surface area contributed by atoms with Crippen molar-refractivity contribution >= 4 is 29.9 Å². The van der Waals surface area contributed by atoms with E-state index >= 15 is 0 Å². The third kappa shape index (κ3) is 4.63. The summed E-state index contributed by atoms with van der Waals surface area (Å²) in [7, 11) is 0. The van der Waals surface area contributed by atoms with Crippen molar-refractivity contribution in [1.29, 1.82) is 0 Å². The van der Waals surface area contributed by atoms with Gasteiger partial charge < -0.3 is 11.1 Å². The molecule has 0 fully saturated rings. The Labute approximate surface area is 144 Å². The van der Waals surface area contributed by atoms with Crippen molar-refractivity contribution in [3.63, 3.8) is 0 Å². The maximum absolute atomic E-state index is 13.2. The molecule has 0 bridgehead atoms. The molecule has 23 heavy (non-hydrogen) atoms. The molecule has 1 aromatic carbocycles. The topological polar surface area (TPSA) is 85.8 Å². The van der Waals surface area contributed by atoms with Gasteiger partial charge in [0.1, 0.15) is 5.82 Å². The lowest BCUT2D eigenvalue weighted by Crippen LogP contribution is -2.45. The van der Waals surface area contributed by atoms with Gasteiger partial charge in [0, 0.05) is 12.1 Å². The van der Waals surface area contributed by atoms with E-state index in [0.717, 1.165) is 0 Å². The first-order valence-electron chi connectivity index (χ1n) is 6.64. The number of amides is 1. The molecule has 2 aromatic rings. The van der Waals surface area contributed by atoms with Gasteiger partial charge in [-0.1, -0.05) is 16.8 Å². The number of nitrogens with zero attached hydrogens (tertiary/aromatic N) is 3. The van der Waals surface area contributed by atoms with Gasteiger partial charge >= 0.3 is 0 Å². The van der Waals surface area contributed by atoms with Crippen LogP contribution in [0.4, 0.5) is 4.39 Å². The van der Waals surface area contributed by atoms with Crippen LogP contribution in [0.5, 0.6) is 0 Å². The summed E-state index contributed by atoms with van der Waals surface area (Å²) in [5.74, 6) is -0.887. The minimum absolute atomic E-state index is 0. The van der Waals surface area contributed by atoms with Gasteiger partial charge in [-0.2, -0.15) is 0 Å². The number of carbonyl (C=O) groups is 1. The van der Waals surface area contributed by atoms with E-state index in [4.69, 9.17) is 17.3 Å². The van der Waals surface area contributed by atoms with Crippen molar-refractivity contribution in [2.45, 2.75) is 26.3 Å². The Bertz CT molecular complexity index is 712. The molecule has 2 rings (SSSR count). The van der Waals surface area contributed by atoms with Crippen molar-refractivity contribution < 1.29 is 9.18 Å². The molecule has 1 aromatic heterocycles. The number of nitrogens with one attached hydrogen (secondary N) is 1. The van der Waals surface area contributed by atoms with Crippen LogP contribution in [0.25, 0.3) is 5.69 Å². The van der Waals surface area contributed by atoms with Crippen LogP contribution in [0, 0.1) is 12.7 Å². The van der Waals surface area contributed by atoms with Crippen LogP contribution < -0.4 is 11.1 Å². The maximum Gasteiger partial charge on any atom is 0.273 e. The van der Waals surface area contributed by atoms with E-state index in [2.05, 4.69) is 15.6 Å². The summed E-state index contributed by atoms with van der Waals surface area (Å²) < 4.78 is 14.6. The largest absolute Gasteiger partial charge is 0.349 e. The predicted octanol–water partition coefficient (Wildman–Crippen LogP) is 2.26. The molecule has 0 radical (unpaired) electrons. The second-order valence-electron chi connectivity index (χ2n) is 5.70. The van der Waals surface area contributed by atoms with E-state index in [1.54, 1.807) is 20.8 Å². The maximum atomic E-state index is 13.2. The zero-order chi connectivity index (χ0) is 16.5. The summed E-state index contributed by atoms with van der Waals surface area (Å²) >= 11 is 5.76. The van der Waals surface area contributed by atoms with Gasteiger partial charge in [-0.05, 0) is 39.0 Å². The van der Waals surface area contributed by atoms with Crippen LogP contribution in [0.15, 0.2) is 18.2 Å². The zero-order valence-corrected chi connectivity index (χ0v) is 14.5. The van der Waals surface area contributed by atoms with Crippen molar-refractivity contribution in [2.24, 2.45) is 5.73 Å². The van der Waals surface area contributed by atoms with Gasteiger partial charge in [0.25, 0.3) is 5.91 Å². The van der Waals surface area contributed by atoms with Crippen LogP contribution in [0.2, 0.25) is 5.02 Å². The number of carbonyl (C=O) groups excluding carboxylic acids is 1. The van der Waals surface area contributed by atoms with Crippen molar-refractivity contribution in [2.75, 3.05) is 6.54 Å². The van der Waals surface area contributed by atoms with E-state index in [1.807, 2.05) is 0 Å². The van der Waals surface area contributed by atoms with Gasteiger partial charge in [-0.3, -0.25) is 4.79 Å².